The van der Waals surface area contributed by atoms with E-state index in [9.17, 15) is 9.59 Å². The smallest absolute Gasteiger partial charge is 0.136 e. The molecule has 2 heteroatoms. The standard InChI is InChI=1S/C41H80O2/c1-4-7-9-11-13-15-17-19-21-23-25-27-29-31-33-36-40(42)38-39(35-6-3)41(43)37-34-32-30-28-26-24-22-20-18-16-14-12-10-8-5-2/h39H,4-38H2,1-3H3. The van der Waals surface area contributed by atoms with Crippen molar-refractivity contribution in [3.63, 3.8) is 0 Å². The van der Waals surface area contributed by atoms with Crippen LogP contribution in [0.5, 0.6) is 0 Å². The maximum atomic E-state index is 12.9. The molecule has 0 rings (SSSR count). The van der Waals surface area contributed by atoms with Crippen LogP contribution in [0, 0.1) is 5.92 Å². The molecule has 0 fully saturated rings. The number of ketones is 2. The lowest BCUT2D eigenvalue weighted by atomic mass is 9.89. The molecule has 0 saturated carbocycles. The van der Waals surface area contributed by atoms with E-state index < -0.39 is 0 Å². The highest BCUT2D eigenvalue weighted by Crippen LogP contribution is 2.20. The first-order valence-electron chi connectivity index (χ1n) is 20.2. The molecule has 0 aromatic carbocycles. The van der Waals surface area contributed by atoms with Crippen LogP contribution in [0.1, 0.15) is 245 Å². The van der Waals surface area contributed by atoms with E-state index in [1.807, 2.05) is 0 Å². The predicted octanol–water partition coefficient (Wildman–Crippen LogP) is 14.5. The van der Waals surface area contributed by atoms with E-state index in [1.165, 1.54) is 180 Å². The van der Waals surface area contributed by atoms with Gasteiger partial charge in [0.05, 0.1) is 0 Å². The fourth-order valence-corrected chi connectivity index (χ4v) is 6.67. The van der Waals surface area contributed by atoms with Crippen molar-refractivity contribution in [1.29, 1.82) is 0 Å². The van der Waals surface area contributed by atoms with Crippen LogP contribution in [-0.4, -0.2) is 11.6 Å². The van der Waals surface area contributed by atoms with Gasteiger partial charge in [-0.1, -0.05) is 207 Å². The summed E-state index contributed by atoms with van der Waals surface area (Å²) in [6.45, 7) is 6.72. The first-order valence-corrected chi connectivity index (χ1v) is 20.2. The second kappa shape index (κ2) is 35.8. The fraction of sp³-hybridized carbons (Fsp3) is 0.951. The van der Waals surface area contributed by atoms with Gasteiger partial charge >= 0.3 is 0 Å². The molecular weight excluding hydrogens is 524 g/mol. The van der Waals surface area contributed by atoms with Crippen LogP contribution in [0.3, 0.4) is 0 Å². The van der Waals surface area contributed by atoms with E-state index in [0.29, 0.717) is 30.8 Å². The first kappa shape index (κ1) is 42.3. The van der Waals surface area contributed by atoms with Crippen LogP contribution < -0.4 is 0 Å². The third-order valence-corrected chi connectivity index (χ3v) is 9.65. The van der Waals surface area contributed by atoms with Gasteiger partial charge in [0.1, 0.15) is 11.6 Å². The number of unbranched alkanes of at least 4 members (excludes halogenated alkanes) is 28. The van der Waals surface area contributed by atoms with Gasteiger partial charge in [0.2, 0.25) is 0 Å². The Morgan fingerprint density at radius 2 is 0.628 bits per heavy atom. The monoisotopic (exact) mass is 605 g/mol. The van der Waals surface area contributed by atoms with Crippen molar-refractivity contribution < 1.29 is 9.59 Å². The maximum Gasteiger partial charge on any atom is 0.136 e. The molecule has 0 saturated heterocycles. The van der Waals surface area contributed by atoms with E-state index in [1.54, 1.807) is 0 Å². The normalized spacial score (nSPS) is 12.2. The van der Waals surface area contributed by atoms with Gasteiger partial charge in [-0.05, 0) is 19.3 Å². The molecule has 0 N–H and O–H groups in total. The van der Waals surface area contributed by atoms with Crippen molar-refractivity contribution in [2.75, 3.05) is 0 Å². The van der Waals surface area contributed by atoms with Gasteiger partial charge in [0.15, 0.2) is 0 Å². The van der Waals surface area contributed by atoms with Crippen LogP contribution in [0.15, 0.2) is 0 Å². The molecule has 0 aliphatic carbocycles. The first-order chi connectivity index (χ1) is 21.2. The third-order valence-electron chi connectivity index (χ3n) is 9.65. The zero-order valence-electron chi connectivity index (χ0n) is 30.1. The van der Waals surface area contributed by atoms with Crippen molar-refractivity contribution in [1.82, 2.24) is 0 Å². The SMILES string of the molecule is CCCCCCCCCCCCCCCCCC(=O)CC(CCC)C(=O)CCCCCCCCCCCCCCCCC. The lowest BCUT2D eigenvalue weighted by molar-refractivity contribution is -0.128. The van der Waals surface area contributed by atoms with Crippen LogP contribution >= 0.6 is 0 Å². The Labute approximate surface area is 272 Å². The van der Waals surface area contributed by atoms with Gasteiger partial charge < -0.3 is 0 Å². The summed E-state index contributed by atoms with van der Waals surface area (Å²) >= 11 is 0. The lowest BCUT2D eigenvalue weighted by Crippen LogP contribution is -2.18. The summed E-state index contributed by atoms with van der Waals surface area (Å²) in [4.78, 5) is 25.5. The average Bonchev–Trinajstić information content (AvgIpc) is 3.00. The number of hydrogen-bond acceptors (Lipinski definition) is 2. The second-order valence-electron chi connectivity index (χ2n) is 14.1. The van der Waals surface area contributed by atoms with E-state index in [-0.39, 0.29) is 5.92 Å². The molecule has 0 heterocycles. The summed E-state index contributed by atoms with van der Waals surface area (Å²) in [6.07, 6.45) is 44.3. The highest BCUT2D eigenvalue weighted by molar-refractivity contribution is 5.87. The van der Waals surface area contributed by atoms with Crippen LogP contribution in [0.2, 0.25) is 0 Å². The molecule has 2 nitrogen and oxygen atoms in total. The van der Waals surface area contributed by atoms with Crippen molar-refractivity contribution in [3.8, 4) is 0 Å². The van der Waals surface area contributed by atoms with Crippen molar-refractivity contribution in [2.45, 2.75) is 245 Å². The van der Waals surface area contributed by atoms with Crippen LogP contribution in [0.25, 0.3) is 0 Å². The zero-order chi connectivity index (χ0) is 31.5. The van der Waals surface area contributed by atoms with E-state index in [2.05, 4.69) is 20.8 Å². The fourth-order valence-electron chi connectivity index (χ4n) is 6.67. The number of rotatable bonds is 37. The minimum atomic E-state index is -0.0134. The molecule has 0 aromatic rings. The van der Waals surface area contributed by atoms with Crippen molar-refractivity contribution in [2.24, 2.45) is 5.92 Å². The van der Waals surface area contributed by atoms with Crippen LogP contribution in [0.4, 0.5) is 0 Å². The summed E-state index contributed by atoms with van der Waals surface area (Å²) in [5.74, 6) is 0.680. The van der Waals surface area contributed by atoms with Gasteiger partial charge in [-0.25, -0.2) is 0 Å². The van der Waals surface area contributed by atoms with E-state index in [0.717, 1.165) is 25.7 Å². The second-order valence-corrected chi connectivity index (χ2v) is 14.1. The summed E-state index contributed by atoms with van der Waals surface area (Å²) in [7, 11) is 0. The maximum absolute atomic E-state index is 12.9. The molecule has 0 aliphatic heterocycles. The van der Waals surface area contributed by atoms with Gasteiger partial charge in [-0.15, -0.1) is 0 Å². The molecule has 1 atom stereocenters. The molecule has 43 heavy (non-hydrogen) atoms. The molecule has 0 amide bonds. The Morgan fingerprint density at radius 3 is 0.930 bits per heavy atom. The topological polar surface area (TPSA) is 34.1 Å². The number of carbonyl (C=O) groups is 2. The lowest BCUT2D eigenvalue weighted by Gasteiger charge is -2.14. The van der Waals surface area contributed by atoms with Crippen LogP contribution in [-0.2, 0) is 9.59 Å². The Morgan fingerprint density at radius 1 is 0.349 bits per heavy atom. The Balaban J connectivity index is 3.62. The van der Waals surface area contributed by atoms with Gasteiger partial charge in [-0.2, -0.15) is 0 Å². The molecule has 0 spiro atoms. The van der Waals surface area contributed by atoms with E-state index in [4.69, 9.17) is 0 Å². The number of hydrogen-bond donors (Lipinski definition) is 0. The Hall–Kier alpha value is -0.660. The summed E-state index contributed by atoms with van der Waals surface area (Å²) < 4.78 is 0. The highest BCUT2D eigenvalue weighted by Gasteiger charge is 2.20. The Kier molecular flexibility index (Phi) is 35.3. The van der Waals surface area contributed by atoms with E-state index >= 15 is 0 Å². The molecular formula is C41H80O2. The molecule has 0 aliphatic rings. The summed E-state index contributed by atoms with van der Waals surface area (Å²) in [6, 6.07) is 0. The molecule has 256 valence electrons. The van der Waals surface area contributed by atoms with Crippen molar-refractivity contribution in [3.05, 3.63) is 0 Å². The van der Waals surface area contributed by atoms with Gasteiger partial charge in [0, 0.05) is 25.2 Å². The molecule has 0 bridgehead atoms. The summed E-state index contributed by atoms with van der Waals surface area (Å²) in [5.41, 5.74) is 0. The minimum absolute atomic E-state index is 0.0134. The molecule has 0 radical (unpaired) electrons. The Bertz CT molecular complexity index is 568. The summed E-state index contributed by atoms with van der Waals surface area (Å²) in [5, 5.41) is 0. The quantitative estimate of drug-likeness (QED) is 0.0661. The van der Waals surface area contributed by atoms with Gasteiger partial charge in [-0.3, -0.25) is 9.59 Å². The van der Waals surface area contributed by atoms with Crippen molar-refractivity contribution >= 4 is 11.6 Å². The average molecular weight is 605 g/mol. The minimum Gasteiger partial charge on any atom is -0.300 e. The predicted molar refractivity (Wildman–Crippen MR) is 192 cm³/mol. The number of Topliss-reactive ketones (excluding diaryl/α,β-unsaturated/α-hetero) is 2. The molecule has 1 unspecified atom stereocenters. The highest BCUT2D eigenvalue weighted by atomic mass is 16.1. The number of carbonyl (C=O) groups excluding carboxylic acids is 2. The molecule has 0 aromatic heterocycles. The van der Waals surface area contributed by atoms with Gasteiger partial charge in [0.25, 0.3) is 0 Å². The zero-order valence-corrected chi connectivity index (χ0v) is 30.1. The largest absolute Gasteiger partial charge is 0.300 e. The third kappa shape index (κ3) is 32.5.